The van der Waals surface area contributed by atoms with Crippen LogP contribution in [0.1, 0.15) is 54.3 Å². The third-order valence-electron chi connectivity index (χ3n) is 5.57. The quantitative estimate of drug-likeness (QED) is 0.746. The summed E-state index contributed by atoms with van der Waals surface area (Å²) in [7, 11) is 0. The number of aromatic nitrogens is 6. The molecule has 9 heteroatoms. The molecule has 0 radical (unpaired) electrons. The van der Waals surface area contributed by atoms with E-state index in [1.165, 1.54) is 36.9 Å². The molecule has 0 bridgehead atoms. The number of nitrogens with zero attached hydrogens (tertiary/aromatic N) is 7. The van der Waals surface area contributed by atoms with Gasteiger partial charge in [-0.15, -0.1) is 5.10 Å². The fourth-order valence-electron chi connectivity index (χ4n) is 4.06. The maximum absolute atomic E-state index is 12.3. The Morgan fingerprint density at radius 1 is 1.11 bits per heavy atom. The van der Waals surface area contributed by atoms with Crippen LogP contribution >= 0.6 is 0 Å². The summed E-state index contributed by atoms with van der Waals surface area (Å²) in [6, 6.07) is 0. The highest BCUT2D eigenvalue weighted by molar-refractivity contribution is 5.75. The summed E-state index contributed by atoms with van der Waals surface area (Å²) in [6.45, 7) is 5.55. The van der Waals surface area contributed by atoms with E-state index in [1.54, 1.807) is 4.68 Å². The van der Waals surface area contributed by atoms with Crippen molar-refractivity contribution in [2.24, 2.45) is 0 Å². The molecule has 0 aromatic carbocycles. The molecule has 28 heavy (non-hydrogen) atoms. The number of carbonyl (C=O) groups is 1. The second-order valence-electron chi connectivity index (χ2n) is 7.69. The monoisotopic (exact) mass is 384 g/mol. The Morgan fingerprint density at radius 2 is 1.93 bits per heavy atom. The standard InChI is InChI=1S/C19H28N8O/c1-14-15-6-2-3-7-16(15)22-17(21-14)8-9-20-19(28)13-27-18(23-24-25-27)12-26-10-4-5-11-26/h2-13H2,1H3,(H,20,28). The molecule has 3 heterocycles. The van der Waals surface area contributed by atoms with Gasteiger partial charge >= 0.3 is 0 Å². The molecule has 1 fully saturated rings. The Morgan fingerprint density at radius 3 is 2.79 bits per heavy atom. The van der Waals surface area contributed by atoms with Crippen LogP contribution in [0, 0.1) is 6.92 Å². The molecule has 2 aliphatic rings. The Balaban J connectivity index is 1.27. The highest BCUT2D eigenvalue weighted by atomic mass is 16.2. The lowest BCUT2D eigenvalue weighted by molar-refractivity contribution is -0.121. The predicted octanol–water partition coefficient (Wildman–Crippen LogP) is 0.605. The number of amides is 1. The molecule has 1 aliphatic carbocycles. The molecular formula is C19H28N8O. The number of rotatable bonds is 7. The molecule has 1 saturated heterocycles. The number of nitrogens with one attached hydrogen (secondary N) is 1. The first-order valence-electron chi connectivity index (χ1n) is 10.3. The van der Waals surface area contributed by atoms with Gasteiger partial charge < -0.3 is 5.32 Å². The van der Waals surface area contributed by atoms with Crippen molar-refractivity contribution in [3.8, 4) is 0 Å². The number of tetrazole rings is 1. The summed E-state index contributed by atoms with van der Waals surface area (Å²) >= 11 is 0. The van der Waals surface area contributed by atoms with Crippen LogP contribution in [0.15, 0.2) is 0 Å². The Bertz CT molecular complexity index is 827. The van der Waals surface area contributed by atoms with Crippen molar-refractivity contribution in [2.75, 3.05) is 19.6 Å². The molecule has 1 aliphatic heterocycles. The first-order chi connectivity index (χ1) is 13.7. The van der Waals surface area contributed by atoms with Gasteiger partial charge in [0.2, 0.25) is 5.91 Å². The number of carbonyl (C=O) groups excluding carboxylic acids is 1. The average molecular weight is 384 g/mol. The molecule has 9 nitrogen and oxygen atoms in total. The van der Waals surface area contributed by atoms with Crippen LogP contribution in [0.3, 0.4) is 0 Å². The molecule has 1 amide bonds. The summed E-state index contributed by atoms with van der Waals surface area (Å²) in [4.78, 5) is 24.0. The minimum atomic E-state index is -0.0929. The van der Waals surface area contributed by atoms with Crippen LogP contribution in [-0.4, -0.2) is 60.6 Å². The van der Waals surface area contributed by atoms with E-state index in [-0.39, 0.29) is 12.5 Å². The second kappa shape index (κ2) is 8.72. The van der Waals surface area contributed by atoms with Crippen LogP contribution < -0.4 is 5.32 Å². The Labute approximate surface area is 164 Å². The Kier molecular flexibility index (Phi) is 5.90. The highest BCUT2D eigenvalue weighted by Crippen LogP contribution is 2.21. The van der Waals surface area contributed by atoms with Crippen LogP contribution in [0.2, 0.25) is 0 Å². The van der Waals surface area contributed by atoms with E-state index >= 15 is 0 Å². The molecule has 0 unspecified atom stereocenters. The van der Waals surface area contributed by atoms with Gasteiger partial charge in [-0.1, -0.05) is 0 Å². The molecular weight excluding hydrogens is 356 g/mol. The van der Waals surface area contributed by atoms with E-state index < -0.39 is 0 Å². The van der Waals surface area contributed by atoms with Gasteiger partial charge in [-0.3, -0.25) is 9.69 Å². The molecule has 1 N–H and O–H groups in total. The number of hydrogen-bond donors (Lipinski definition) is 1. The maximum atomic E-state index is 12.3. The van der Waals surface area contributed by atoms with Crippen molar-refractivity contribution in [1.29, 1.82) is 0 Å². The first-order valence-corrected chi connectivity index (χ1v) is 10.3. The first kappa shape index (κ1) is 18.9. The number of fused-ring (bicyclic) bond motifs is 1. The zero-order valence-corrected chi connectivity index (χ0v) is 16.5. The topological polar surface area (TPSA) is 102 Å². The highest BCUT2D eigenvalue weighted by Gasteiger charge is 2.18. The van der Waals surface area contributed by atoms with Gasteiger partial charge in [0.05, 0.1) is 6.54 Å². The number of aryl methyl sites for hydroxylation is 2. The van der Waals surface area contributed by atoms with E-state index in [0.29, 0.717) is 19.5 Å². The van der Waals surface area contributed by atoms with E-state index in [2.05, 4.69) is 37.6 Å². The molecule has 0 saturated carbocycles. The van der Waals surface area contributed by atoms with Gasteiger partial charge in [0, 0.05) is 24.4 Å². The number of likely N-dealkylation sites (tertiary alicyclic amines) is 1. The van der Waals surface area contributed by atoms with Crippen molar-refractivity contribution in [3.05, 3.63) is 28.6 Å². The summed E-state index contributed by atoms with van der Waals surface area (Å²) < 4.78 is 1.59. The summed E-state index contributed by atoms with van der Waals surface area (Å²) in [5, 5.41) is 14.7. The zero-order valence-electron chi connectivity index (χ0n) is 16.5. The lowest BCUT2D eigenvalue weighted by Gasteiger charge is -2.17. The van der Waals surface area contributed by atoms with Gasteiger partial charge in [-0.05, 0) is 74.5 Å². The van der Waals surface area contributed by atoms with Crippen LogP contribution in [0.25, 0.3) is 0 Å². The van der Waals surface area contributed by atoms with Crippen molar-refractivity contribution >= 4 is 5.91 Å². The second-order valence-corrected chi connectivity index (χ2v) is 7.69. The van der Waals surface area contributed by atoms with E-state index in [9.17, 15) is 4.79 Å². The van der Waals surface area contributed by atoms with Gasteiger partial charge in [-0.2, -0.15) is 0 Å². The molecule has 0 atom stereocenters. The molecule has 4 rings (SSSR count). The van der Waals surface area contributed by atoms with E-state index in [4.69, 9.17) is 4.98 Å². The lowest BCUT2D eigenvalue weighted by Crippen LogP contribution is -2.31. The molecule has 2 aromatic rings. The maximum Gasteiger partial charge on any atom is 0.241 e. The minimum Gasteiger partial charge on any atom is -0.354 e. The summed E-state index contributed by atoms with van der Waals surface area (Å²) in [5.41, 5.74) is 3.61. The third kappa shape index (κ3) is 4.52. The SMILES string of the molecule is Cc1nc(CCNC(=O)Cn2nnnc2CN2CCCC2)nc2c1CCCC2. The molecule has 2 aromatic heterocycles. The average Bonchev–Trinajstić information content (AvgIpc) is 3.35. The minimum absolute atomic E-state index is 0.0929. The molecule has 0 spiro atoms. The lowest BCUT2D eigenvalue weighted by atomic mass is 9.95. The van der Waals surface area contributed by atoms with Crippen molar-refractivity contribution < 1.29 is 4.79 Å². The van der Waals surface area contributed by atoms with Crippen LogP contribution in [0.5, 0.6) is 0 Å². The summed E-state index contributed by atoms with van der Waals surface area (Å²) in [5.74, 6) is 1.46. The van der Waals surface area contributed by atoms with E-state index in [0.717, 1.165) is 43.3 Å². The molecule has 150 valence electrons. The van der Waals surface area contributed by atoms with Crippen molar-refractivity contribution in [2.45, 2.75) is 65.0 Å². The largest absolute Gasteiger partial charge is 0.354 e. The normalized spacial score (nSPS) is 16.9. The predicted molar refractivity (Wildman–Crippen MR) is 102 cm³/mol. The van der Waals surface area contributed by atoms with E-state index in [1.807, 2.05) is 0 Å². The third-order valence-corrected chi connectivity index (χ3v) is 5.57. The fourth-order valence-corrected chi connectivity index (χ4v) is 4.06. The number of hydrogen-bond acceptors (Lipinski definition) is 7. The van der Waals surface area contributed by atoms with Gasteiger partial charge in [0.25, 0.3) is 0 Å². The fraction of sp³-hybridized carbons (Fsp3) is 0.684. The van der Waals surface area contributed by atoms with Gasteiger partial charge in [0.15, 0.2) is 5.82 Å². The van der Waals surface area contributed by atoms with Crippen LogP contribution in [0.4, 0.5) is 0 Å². The van der Waals surface area contributed by atoms with Gasteiger partial charge in [0.1, 0.15) is 12.4 Å². The van der Waals surface area contributed by atoms with Crippen LogP contribution in [-0.2, 0) is 37.1 Å². The zero-order chi connectivity index (χ0) is 19.3. The van der Waals surface area contributed by atoms with Crippen molar-refractivity contribution in [3.63, 3.8) is 0 Å². The van der Waals surface area contributed by atoms with Gasteiger partial charge in [-0.25, -0.2) is 14.6 Å². The Hall–Kier alpha value is -2.42. The summed E-state index contributed by atoms with van der Waals surface area (Å²) in [6.07, 6.45) is 7.62. The van der Waals surface area contributed by atoms with Crippen molar-refractivity contribution in [1.82, 2.24) is 40.4 Å². The smallest absolute Gasteiger partial charge is 0.241 e.